The number of rotatable bonds is 8. The van der Waals surface area contributed by atoms with Crippen LogP contribution in [0, 0.1) is 0 Å². The van der Waals surface area contributed by atoms with Crippen LogP contribution in [0.2, 0.25) is 0 Å². The molecule has 1 amide bonds. The minimum absolute atomic E-state index is 0.00819. The monoisotopic (exact) mass is 625 g/mol. The Bertz CT molecular complexity index is 2160. The molecule has 14 heteroatoms. The number of carbonyl (C=O) groups excluding carboxylic acids is 1. The average molecular weight is 626 g/mol. The second-order valence-corrected chi connectivity index (χ2v) is 14.8. The quantitative estimate of drug-likeness (QED) is 0.250. The van der Waals surface area contributed by atoms with Crippen LogP contribution in [0.3, 0.4) is 0 Å². The van der Waals surface area contributed by atoms with Gasteiger partial charge in [0.25, 0.3) is 5.91 Å². The van der Waals surface area contributed by atoms with Crippen LogP contribution >= 0.6 is 0 Å². The third kappa shape index (κ3) is 5.64. The Morgan fingerprint density at radius 1 is 0.738 bits per heavy atom. The Hall–Kier alpha value is -4.53. The van der Waals surface area contributed by atoms with Gasteiger partial charge in [-0.05, 0) is 54.6 Å². The topological polar surface area (TPSA) is 161 Å². The summed E-state index contributed by atoms with van der Waals surface area (Å²) >= 11 is 0. The van der Waals surface area contributed by atoms with Crippen LogP contribution in [0.4, 0.5) is 11.5 Å². The van der Waals surface area contributed by atoms with Crippen molar-refractivity contribution in [3.63, 3.8) is 0 Å². The number of carbonyl (C=O) groups is 1. The van der Waals surface area contributed by atoms with Crippen molar-refractivity contribution < 1.29 is 34.2 Å². The van der Waals surface area contributed by atoms with Crippen LogP contribution in [-0.4, -0.2) is 53.9 Å². The Morgan fingerprint density at radius 3 is 2.00 bits per heavy atom. The maximum Gasteiger partial charge on any atom is 0.339 e. The van der Waals surface area contributed by atoms with Gasteiger partial charge in [-0.25, -0.2) is 16.8 Å². The molecule has 1 N–H and O–H groups in total. The van der Waals surface area contributed by atoms with Crippen molar-refractivity contribution in [3.05, 3.63) is 103 Å². The summed E-state index contributed by atoms with van der Waals surface area (Å²) in [6, 6.07) is 23.2. The van der Waals surface area contributed by atoms with E-state index in [0.717, 1.165) is 17.4 Å². The van der Waals surface area contributed by atoms with E-state index < -0.39 is 35.7 Å². The highest BCUT2D eigenvalue weighted by atomic mass is 32.2. The van der Waals surface area contributed by atoms with Crippen LogP contribution in [0.1, 0.15) is 10.4 Å². The van der Waals surface area contributed by atoms with Gasteiger partial charge < -0.3 is 4.18 Å². The van der Waals surface area contributed by atoms with Crippen LogP contribution in [0.15, 0.2) is 112 Å². The van der Waals surface area contributed by atoms with Gasteiger partial charge in [0.1, 0.15) is 9.79 Å². The van der Waals surface area contributed by atoms with Crippen molar-refractivity contribution >= 4 is 58.1 Å². The first kappa shape index (κ1) is 29.0. The van der Waals surface area contributed by atoms with Gasteiger partial charge in [0.2, 0.25) is 0 Å². The van der Waals surface area contributed by atoms with Gasteiger partial charge in [0, 0.05) is 23.5 Å². The number of hydrogen-bond acceptors (Lipinski definition) is 9. The predicted octanol–water partition coefficient (Wildman–Crippen LogP) is 4.12. The van der Waals surface area contributed by atoms with Crippen molar-refractivity contribution in [2.24, 2.45) is 0 Å². The Labute approximate surface area is 242 Å². The zero-order valence-corrected chi connectivity index (χ0v) is 24.6. The number of hydrogen-bond donors (Lipinski definition) is 1. The first-order valence-electron chi connectivity index (χ1n) is 12.2. The van der Waals surface area contributed by atoms with Gasteiger partial charge in [-0.2, -0.15) is 13.5 Å². The van der Waals surface area contributed by atoms with E-state index >= 15 is 0 Å². The normalized spacial score (nSPS) is 12.2. The molecule has 1 aromatic heterocycles. The predicted molar refractivity (Wildman–Crippen MR) is 156 cm³/mol. The third-order valence-corrected chi connectivity index (χ3v) is 9.70. The van der Waals surface area contributed by atoms with Gasteiger partial charge in [-0.15, -0.1) is 0 Å². The number of sulfone groups is 2. The second kappa shape index (κ2) is 10.7. The highest BCUT2D eigenvalue weighted by molar-refractivity contribution is 7.91. The number of nitrogens with one attached hydrogen (secondary N) is 1. The lowest BCUT2D eigenvalue weighted by molar-refractivity contribution is 0.0998. The number of aromatic nitrogens is 2. The number of H-pyrrole nitrogens is 1. The summed E-state index contributed by atoms with van der Waals surface area (Å²) in [5.74, 6) is -1.06. The second-order valence-electron chi connectivity index (χ2n) is 9.26. The molecule has 0 aliphatic rings. The molecule has 0 radical (unpaired) electrons. The Kier molecular flexibility index (Phi) is 7.39. The van der Waals surface area contributed by atoms with Gasteiger partial charge in [-0.1, -0.05) is 42.5 Å². The molecule has 216 valence electrons. The Balaban J connectivity index is 1.69. The molecule has 4 aromatic carbocycles. The molecule has 0 spiro atoms. The number of anilines is 2. The van der Waals surface area contributed by atoms with E-state index in [4.69, 9.17) is 4.18 Å². The van der Waals surface area contributed by atoms with Crippen LogP contribution in [0.5, 0.6) is 5.75 Å². The fourth-order valence-electron chi connectivity index (χ4n) is 4.28. The highest BCUT2D eigenvalue weighted by Crippen LogP contribution is 2.37. The van der Waals surface area contributed by atoms with Crippen LogP contribution in [0.25, 0.3) is 10.9 Å². The van der Waals surface area contributed by atoms with Crippen molar-refractivity contribution in [1.82, 2.24) is 10.2 Å². The van der Waals surface area contributed by atoms with Gasteiger partial charge in [-0.3, -0.25) is 14.8 Å². The molecule has 0 saturated heterocycles. The summed E-state index contributed by atoms with van der Waals surface area (Å²) < 4.78 is 81.7. The molecule has 11 nitrogen and oxygen atoms in total. The third-order valence-electron chi connectivity index (χ3n) is 6.19. The molecule has 42 heavy (non-hydrogen) atoms. The molecular formula is C28H23N3O8S3. The first-order chi connectivity index (χ1) is 19.8. The number of fused-ring (bicyclic) bond motifs is 1. The standard InChI is InChI=1S/C28H23N3O8S3/c1-40(33,34)25-14-8-6-12-23(25)31(28(32)19-10-4-3-5-11-19)27-21-18-20(16-17-22(21)29-30-27)42(37,38)39-24-13-7-9-15-26(24)41(2,35)36/h3-18H,1-2H3,(H,29,30). The molecule has 1 heterocycles. The lowest BCUT2D eigenvalue weighted by Gasteiger charge is -2.23. The molecule has 0 bridgehead atoms. The number of nitrogens with zero attached hydrogens (tertiary/aromatic N) is 2. The fraction of sp³-hybridized carbons (Fsp3) is 0.0714. The molecule has 0 aliphatic heterocycles. The smallest absolute Gasteiger partial charge is 0.339 e. The fourth-order valence-corrected chi connectivity index (χ4v) is 6.98. The van der Waals surface area contributed by atoms with E-state index in [-0.39, 0.29) is 42.9 Å². The van der Waals surface area contributed by atoms with Crippen molar-refractivity contribution in [1.29, 1.82) is 0 Å². The number of benzene rings is 4. The molecule has 0 aliphatic carbocycles. The van der Waals surface area contributed by atoms with Crippen LogP contribution in [-0.2, 0) is 29.8 Å². The average Bonchev–Trinajstić information content (AvgIpc) is 3.36. The van der Waals surface area contributed by atoms with Gasteiger partial charge in [0.15, 0.2) is 31.2 Å². The summed E-state index contributed by atoms with van der Waals surface area (Å²) in [4.78, 5) is 14.2. The minimum atomic E-state index is -4.58. The SMILES string of the molecule is CS(=O)(=O)c1ccccc1OS(=O)(=O)c1ccc2[nH]nc(N(C(=O)c3ccccc3)c3ccccc3S(C)(=O)=O)c2c1. The molecule has 0 unspecified atom stereocenters. The molecule has 5 rings (SSSR count). The maximum absolute atomic E-state index is 13.9. The number of para-hydroxylation sites is 2. The molecule has 0 atom stereocenters. The molecule has 5 aromatic rings. The summed E-state index contributed by atoms with van der Waals surface area (Å²) in [6.45, 7) is 0. The van der Waals surface area contributed by atoms with Crippen molar-refractivity contribution in [2.45, 2.75) is 14.7 Å². The van der Waals surface area contributed by atoms with Crippen LogP contribution < -0.4 is 9.08 Å². The van der Waals surface area contributed by atoms with E-state index in [0.29, 0.717) is 5.52 Å². The first-order valence-corrected chi connectivity index (χ1v) is 17.4. The van der Waals surface area contributed by atoms with Gasteiger partial charge in [0.05, 0.1) is 16.1 Å². The van der Waals surface area contributed by atoms with E-state index in [1.807, 2.05) is 0 Å². The zero-order chi connectivity index (χ0) is 30.3. The van der Waals surface area contributed by atoms with Crippen molar-refractivity contribution in [2.75, 3.05) is 17.4 Å². The molecule has 0 saturated carbocycles. The van der Waals surface area contributed by atoms with E-state index in [2.05, 4.69) is 10.2 Å². The summed E-state index contributed by atoms with van der Waals surface area (Å²) in [7, 11) is -12.2. The summed E-state index contributed by atoms with van der Waals surface area (Å²) in [6.07, 6.45) is 1.94. The minimum Gasteiger partial charge on any atom is -0.378 e. The Morgan fingerprint density at radius 2 is 1.33 bits per heavy atom. The summed E-state index contributed by atoms with van der Waals surface area (Å²) in [5, 5.41) is 7.17. The molecular weight excluding hydrogens is 603 g/mol. The zero-order valence-electron chi connectivity index (χ0n) is 22.1. The lowest BCUT2D eigenvalue weighted by atomic mass is 10.1. The molecule has 0 fully saturated rings. The number of aromatic amines is 1. The van der Waals surface area contributed by atoms with E-state index in [1.165, 1.54) is 60.7 Å². The summed E-state index contributed by atoms with van der Waals surface area (Å²) in [5.41, 5.74) is 0.568. The van der Waals surface area contributed by atoms with E-state index in [1.54, 1.807) is 36.4 Å². The lowest BCUT2D eigenvalue weighted by Crippen LogP contribution is -2.28. The van der Waals surface area contributed by atoms with E-state index in [9.17, 15) is 30.0 Å². The largest absolute Gasteiger partial charge is 0.378 e. The van der Waals surface area contributed by atoms with Gasteiger partial charge >= 0.3 is 10.1 Å². The van der Waals surface area contributed by atoms with Crippen molar-refractivity contribution in [3.8, 4) is 5.75 Å². The number of amides is 1. The maximum atomic E-state index is 13.9. The highest BCUT2D eigenvalue weighted by Gasteiger charge is 2.30.